The zero-order chi connectivity index (χ0) is 15.6. The van der Waals surface area contributed by atoms with Crippen molar-refractivity contribution in [1.29, 1.82) is 0 Å². The molecule has 0 saturated carbocycles. The number of carbonyl (C=O) groups is 1. The zero-order valence-electron chi connectivity index (χ0n) is 11.2. The smallest absolute Gasteiger partial charge is 0.255 e. The Morgan fingerprint density at radius 1 is 1.14 bits per heavy atom. The molecule has 7 heteroatoms. The van der Waals surface area contributed by atoms with Gasteiger partial charge in [-0.25, -0.2) is 8.42 Å². The van der Waals surface area contributed by atoms with Gasteiger partial charge in [0.05, 0.1) is 10.6 Å². The molecule has 0 bridgehead atoms. The highest BCUT2D eigenvalue weighted by atomic mass is 32.2. The minimum atomic E-state index is -3.43. The molecule has 0 aliphatic rings. The summed E-state index contributed by atoms with van der Waals surface area (Å²) in [5, 5.41) is 12.2. The van der Waals surface area contributed by atoms with E-state index in [-0.39, 0.29) is 16.3 Å². The van der Waals surface area contributed by atoms with Crippen molar-refractivity contribution in [3.63, 3.8) is 0 Å². The summed E-state index contributed by atoms with van der Waals surface area (Å²) < 4.78 is 23.0. The van der Waals surface area contributed by atoms with E-state index >= 15 is 0 Å². The largest absolute Gasteiger partial charge is 0.506 e. The Labute approximate surface area is 122 Å². The SMILES string of the molecule is CS(=O)(=O)c1ccc(O)c(NC(=O)c2ccc(N)cc2)c1. The lowest BCUT2D eigenvalue weighted by Gasteiger charge is -2.09. The standard InChI is InChI=1S/C14H14N2O4S/c1-21(19,20)11-6-7-13(17)12(8-11)16-14(18)9-2-4-10(15)5-3-9/h2-8,17H,15H2,1H3,(H,16,18). The lowest BCUT2D eigenvalue weighted by Crippen LogP contribution is -2.12. The van der Waals surface area contributed by atoms with Crippen LogP contribution < -0.4 is 11.1 Å². The minimum Gasteiger partial charge on any atom is -0.506 e. The molecule has 6 nitrogen and oxygen atoms in total. The predicted octanol–water partition coefficient (Wildman–Crippen LogP) is 1.63. The van der Waals surface area contributed by atoms with Crippen molar-refractivity contribution < 1.29 is 18.3 Å². The second kappa shape index (κ2) is 5.45. The highest BCUT2D eigenvalue weighted by Crippen LogP contribution is 2.26. The van der Waals surface area contributed by atoms with Crippen LogP contribution in [0.15, 0.2) is 47.4 Å². The number of rotatable bonds is 3. The van der Waals surface area contributed by atoms with Gasteiger partial charge < -0.3 is 16.2 Å². The molecule has 4 N–H and O–H groups in total. The van der Waals surface area contributed by atoms with Gasteiger partial charge in [-0.15, -0.1) is 0 Å². The third-order valence-corrected chi connectivity index (χ3v) is 3.93. The van der Waals surface area contributed by atoms with Crippen molar-refractivity contribution in [3.05, 3.63) is 48.0 Å². The highest BCUT2D eigenvalue weighted by Gasteiger charge is 2.13. The van der Waals surface area contributed by atoms with E-state index in [1.54, 1.807) is 12.1 Å². The van der Waals surface area contributed by atoms with E-state index in [4.69, 9.17) is 5.73 Å². The van der Waals surface area contributed by atoms with Crippen LogP contribution in [0.2, 0.25) is 0 Å². The van der Waals surface area contributed by atoms with E-state index in [9.17, 15) is 18.3 Å². The van der Waals surface area contributed by atoms with E-state index in [2.05, 4.69) is 5.32 Å². The fourth-order valence-electron chi connectivity index (χ4n) is 1.67. The number of nitrogen functional groups attached to an aromatic ring is 1. The number of hydrogen-bond acceptors (Lipinski definition) is 5. The number of phenolic OH excluding ortho intramolecular Hbond substituents is 1. The predicted molar refractivity (Wildman–Crippen MR) is 80.0 cm³/mol. The Morgan fingerprint density at radius 2 is 1.76 bits per heavy atom. The Bertz CT molecular complexity index is 783. The fourth-order valence-corrected chi connectivity index (χ4v) is 2.32. The summed E-state index contributed by atoms with van der Waals surface area (Å²) in [6, 6.07) is 9.89. The van der Waals surface area contributed by atoms with Gasteiger partial charge in [-0.3, -0.25) is 4.79 Å². The topological polar surface area (TPSA) is 109 Å². The molecule has 2 aromatic rings. The highest BCUT2D eigenvalue weighted by molar-refractivity contribution is 7.90. The van der Waals surface area contributed by atoms with Crippen molar-refractivity contribution in [1.82, 2.24) is 0 Å². The summed E-state index contributed by atoms with van der Waals surface area (Å²) in [5.74, 6) is -0.692. The molecule has 0 heterocycles. The number of phenols is 1. The molecular formula is C14H14N2O4S. The maximum Gasteiger partial charge on any atom is 0.255 e. The summed E-state index contributed by atoms with van der Waals surface area (Å²) in [6.45, 7) is 0. The van der Waals surface area contributed by atoms with E-state index in [0.717, 1.165) is 6.26 Å². The molecule has 21 heavy (non-hydrogen) atoms. The minimum absolute atomic E-state index is 0.00732. The average molecular weight is 306 g/mol. The second-order valence-electron chi connectivity index (χ2n) is 4.53. The lowest BCUT2D eigenvalue weighted by atomic mass is 10.2. The Kier molecular flexibility index (Phi) is 3.86. The number of hydrogen-bond donors (Lipinski definition) is 3. The molecule has 0 radical (unpaired) electrons. The normalized spacial score (nSPS) is 11.1. The molecule has 0 spiro atoms. The number of carbonyl (C=O) groups excluding carboxylic acids is 1. The summed E-state index contributed by atoms with van der Waals surface area (Å²) >= 11 is 0. The van der Waals surface area contributed by atoms with Gasteiger partial charge >= 0.3 is 0 Å². The monoisotopic (exact) mass is 306 g/mol. The molecule has 1 amide bonds. The quantitative estimate of drug-likeness (QED) is 0.590. The fraction of sp³-hybridized carbons (Fsp3) is 0.0714. The molecule has 0 aliphatic carbocycles. The van der Waals surface area contributed by atoms with Gasteiger partial charge in [-0.05, 0) is 42.5 Å². The number of amides is 1. The summed E-state index contributed by atoms with van der Waals surface area (Å²) in [4.78, 5) is 12.0. The van der Waals surface area contributed by atoms with Crippen molar-refractivity contribution in [2.24, 2.45) is 0 Å². The van der Waals surface area contributed by atoms with Gasteiger partial charge in [0.2, 0.25) is 0 Å². The Hall–Kier alpha value is -2.54. The van der Waals surface area contributed by atoms with Crippen molar-refractivity contribution in [2.45, 2.75) is 4.90 Å². The van der Waals surface area contributed by atoms with Gasteiger partial charge in [0.25, 0.3) is 5.91 Å². The number of nitrogens with one attached hydrogen (secondary N) is 1. The van der Waals surface area contributed by atoms with Crippen molar-refractivity contribution in [2.75, 3.05) is 17.3 Å². The van der Waals surface area contributed by atoms with Crippen LogP contribution in [0, 0.1) is 0 Å². The summed E-state index contributed by atoms with van der Waals surface area (Å²) in [7, 11) is -3.43. The third-order valence-electron chi connectivity index (χ3n) is 2.82. The van der Waals surface area contributed by atoms with Gasteiger partial charge in [-0.2, -0.15) is 0 Å². The Balaban J connectivity index is 2.31. The first-order valence-corrected chi connectivity index (χ1v) is 7.86. The second-order valence-corrected chi connectivity index (χ2v) is 6.54. The molecule has 110 valence electrons. The first-order chi connectivity index (χ1) is 9.77. The maximum absolute atomic E-state index is 12.0. The van der Waals surface area contributed by atoms with Crippen LogP contribution in [0.25, 0.3) is 0 Å². The van der Waals surface area contributed by atoms with Crippen molar-refractivity contribution in [3.8, 4) is 5.75 Å². The van der Waals surface area contributed by atoms with Crippen LogP contribution in [-0.4, -0.2) is 25.7 Å². The number of anilines is 2. The Morgan fingerprint density at radius 3 is 2.33 bits per heavy atom. The van der Waals surface area contributed by atoms with Gasteiger partial charge in [0, 0.05) is 17.5 Å². The maximum atomic E-state index is 12.0. The molecule has 0 unspecified atom stereocenters. The number of nitrogens with two attached hydrogens (primary N) is 1. The molecule has 0 atom stereocenters. The molecule has 0 aromatic heterocycles. The lowest BCUT2D eigenvalue weighted by molar-refractivity contribution is 0.102. The van der Waals surface area contributed by atoms with Crippen LogP contribution in [-0.2, 0) is 9.84 Å². The first kappa shape index (κ1) is 14.9. The van der Waals surface area contributed by atoms with Crippen LogP contribution in [0.5, 0.6) is 5.75 Å². The van der Waals surface area contributed by atoms with Crippen LogP contribution in [0.1, 0.15) is 10.4 Å². The summed E-state index contributed by atoms with van der Waals surface area (Å²) in [5.41, 5.74) is 6.42. The van der Waals surface area contributed by atoms with Crippen LogP contribution in [0.3, 0.4) is 0 Å². The van der Waals surface area contributed by atoms with E-state index in [1.165, 1.54) is 30.3 Å². The third kappa shape index (κ3) is 3.51. The van der Waals surface area contributed by atoms with Crippen LogP contribution in [0.4, 0.5) is 11.4 Å². The molecule has 0 aliphatic heterocycles. The molecule has 0 fully saturated rings. The zero-order valence-corrected chi connectivity index (χ0v) is 12.0. The van der Waals surface area contributed by atoms with Crippen molar-refractivity contribution >= 4 is 27.1 Å². The van der Waals surface area contributed by atoms with E-state index in [0.29, 0.717) is 11.3 Å². The molecular weight excluding hydrogens is 292 g/mol. The number of aromatic hydroxyl groups is 1. The molecule has 0 saturated heterocycles. The first-order valence-electron chi connectivity index (χ1n) is 5.97. The van der Waals surface area contributed by atoms with Crippen LogP contribution >= 0.6 is 0 Å². The van der Waals surface area contributed by atoms with Gasteiger partial charge in [0.1, 0.15) is 5.75 Å². The van der Waals surface area contributed by atoms with E-state index in [1.807, 2.05) is 0 Å². The summed E-state index contributed by atoms with van der Waals surface area (Å²) in [6.07, 6.45) is 1.05. The average Bonchev–Trinajstić information content (AvgIpc) is 2.40. The molecule has 2 rings (SSSR count). The number of benzene rings is 2. The van der Waals surface area contributed by atoms with Gasteiger partial charge in [0.15, 0.2) is 9.84 Å². The van der Waals surface area contributed by atoms with Gasteiger partial charge in [-0.1, -0.05) is 0 Å². The number of sulfone groups is 1. The van der Waals surface area contributed by atoms with E-state index < -0.39 is 15.7 Å². The molecule has 2 aromatic carbocycles.